The molecular formula is C19H14Cl2F2N2O3. The zero-order valence-corrected chi connectivity index (χ0v) is 15.9. The molecule has 5 nitrogen and oxygen atoms in total. The Balaban J connectivity index is 1.82. The van der Waals surface area contributed by atoms with Gasteiger partial charge < -0.3 is 14.5 Å². The molecule has 0 aliphatic heterocycles. The lowest BCUT2D eigenvalue weighted by atomic mass is 9.93. The summed E-state index contributed by atoms with van der Waals surface area (Å²) in [6.07, 6.45) is 5.95. The minimum absolute atomic E-state index is 0.101. The summed E-state index contributed by atoms with van der Waals surface area (Å²) in [4.78, 5) is 16.8. The van der Waals surface area contributed by atoms with Gasteiger partial charge in [0.15, 0.2) is 11.3 Å². The fraction of sp³-hybridized carbons (Fsp3) is 0.263. The van der Waals surface area contributed by atoms with Crippen LogP contribution < -0.4 is 10.1 Å². The lowest BCUT2D eigenvalue weighted by Gasteiger charge is -2.13. The molecule has 0 spiro atoms. The first-order valence-corrected chi connectivity index (χ1v) is 9.33. The molecule has 0 unspecified atom stereocenters. The highest BCUT2D eigenvalue weighted by atomic mass is 35.5. The van der Waals surface area contributed by atoms with Gasteiger partial charge in [-0.05, 0) is 31.4 Å². The number of hydrogen-bond acceptors (Lipinski definition) is 4. The van der Waals surface area contributed by atoms with Crippen molar-refractivity contribution in [2.24, 2.45) is 0 Å². The Morgan fingerprint density at radius 3 is 2.61 bits per heavy atom. The second-order valence-electron chi connectivity index (χ2n) is 6.34. The topological polar surface area (TPSA) is 64.4 Å². The summed E-state index contributed by atoms with van der Waals surface area (Å²) in [6.45, 7) is -3.00. The van der Waals surface area contributed by atoms with Gasteiger partial charge >= 0.3 is 6.61 Å². The molecule has 1 aromatic carbocycles. The molecule has 0 bridgehead atoms. The summed E-state index contributed by atoms with van der Waals surface area (Å²) in [5.74, 6) is 0.106. The molecule has 4 rings (SSSR count). The van der Waals surface area contributed by atoms with Crippen LogP contribution in [0.5, 0.6) is 5.75 Å². The number of benzene rings is 1. The Bertz CT molecular complexity index is 1050. The predicted molar refractivity (Wildman–Crippen MR) is 102 cm³/mol. The monoisotopic (exact) mass is 426 g/mol. The van der Waals surface area contributed by atoms with E-state index in [9.17, 15) is 13.6 Å². The molecule has 1 aliphatic rings. The Hall–Kier alpha value is -2.38. The highest BCUT2D eigenvalue weighted by Crippen LogP contribution is 2.40. The number of hydrogen-bond donors (Lipinski definition) is 1. The molecule has 0 saturated carbocycles. The number of nitrogens with one attached hydrogen (secondary N) is 1. The number of amides is 1. The Morgan fingerprint density at radius 2 is 1.89 bits per heavy atom. The Morgan fingerprint density at radius 1 is 1.18 bits per heavy atom. The number of furan rings is 1. The van der Waals surface area contributed by atoms with Crippen molar-refractivity contribution in [3.05, 3.63) is 51.5 Å². The number of ether oxygens (including phenoxy) is 1. The number of anilines is 1. The van der Waals surface area contributed by atoms with Crippen molar-refractivity contribution < 1.29 is 22.7 Å². The fourth-order valence-corrected chi connectivity index (χ4v) is 3.89. The van der Waals surface area contributed by atoms with Gasteiger partial charge in [0.05, 0.1) is 21.3 Å². The van der Waals surface area contributed by atoms with Crippen molar-refractivity contribution >= 4 is 45.8 Å². The molecule has 9 heteroatoms. The molecule has 146 valence electrons. The van der Waals surface area contributed by atoms with Crippen molar-refractivity contribution in [3.8, 4) is 5.75 Å². The maximum Gasteiger partial charge on any atom is 0.387 e. The van der Waals surface area contributed by atoms with Gasteiger partial charge in [-0.2, -0.15) is 8.78 Å². The van der Waals surface area contributed by atoms with E-state index in [1.165, 1.54) is 24.5 Å². The summed E-state index contributed by atoms with van der Waals surface area (Å²) in [5, 5.41) is 3.52. The number of carbonyl (C=O) groups is 1. The van der Waals surface area contributed by atoms with Crippen LogP contribution in [0.15, 0.2) is 28.9 Å². The third-order valence-corrected chi connectivity index (χ3v) is 5.19. The van der Waals surface area contributed by atoms with Gasteiger partial charge in [0, 0.05) is 29.8 Å². The number of halogens is 4. The standard InChI is InChI=1S/C19H14Cl2F2N2O3/c20-11-7-24-8-12(21)16(11)25-18(26)10-5-6-14(28-19(22)23)17-15(10)9-3-1-2-4-13(9)27-17/h5-8,19H,1-4H2,(H,24,25,26). The molecular weight excluding hydrogens is 413 g/mol. The van der Waals surface area contributed by atoms with Crippen molar-refractivity contribution in [2.45, 2.75) is 32.3 Å². The van der Waals surface area contributed by atoms with Gasteiger partial charge in [-0.1, -0.05) is 23.2 Å². The second kappa shape index (κ2) is 7.56. The SMILES string of the molecule is O=C(Nc1c(Cl)cncc1Cl)c1ccc(OC(F)F)c2oc3c(c12)CCCC3. The molecule has 1 amide bonds. The molecule has 1 N–H and O–H groups in total. The number of nitrogens with zero attached hydrogens (tertiary/aromatic N) is 1. The Labute approximate surface area is 168 Å². The van der Waals surface area contributed by atoms with E-state index in [1.54, 1.807) is 0 Å². The smallest absolute Gasteiger partial charge is 0.387 e. The number of fused-ring (bicyclic) bond motifs is 3. The van der Waals surface area contributed by atoms with E-state index in [1.807, 2.05) is 0 Å². The fourth-order valence-electron chi connectivity index (χ4n) is 3.43. The van der Waals surface area contributed by atoms with Crippen LogP contribution in [0.4, 0.5) is 14.5 Å². The summed E-state index contributed by atoms with van der Waals surface area (Å²) >= 11 is 12.1. The van der Waals surface area contributed by atoms with E-state index < -0.39 is 12.5 Å². The molecule has 2 heterocycles. The number of aryl methyl sites for hydroxylation is 2. The zero-order chi connectivity index (χ0) is 19.8. The minimum Gasteiger partial charge on any atom is -0.457 e. The molecule has 0 saturated heterocycles. The highest BCUT2D eigenvalue weighted by Gasteiger charge is 2.26. The van der Waals surface area contributed by atoms with Gasteiger partial charge in [0.1, 0.15) is 5.76 Å². The van der Waals surface area contributed by atoms with Gasteiger partial charge in [0.25, 0.3) is 5.91 Å². The van der Waals surface area contributed by atoms with Crippen LogP contribution in [-0.4, -0.2) is 17.5 Å². The largest absolute Gasteiger partial charge is 0.457 e. The first-order valence-electron chi connectivity index (χ1n) is 8.58. The summed E-state index contributed by atoms with van der Waals surface area (Å²) < 4.78 is 36.0. The van der Waals surface area contributed by atoms with Crippen LogP contribution in [-0.2, 0) is 12.8 Å². The van der Waals surface area contributed by atoms with E-state index in [0.717, 1.165) is 18.4 Å². The maximum atomic E-state index is 13.0. The van der Waals surface area contributed by atoms with Crippen LogP contribution in [0.3, 0.4) is 0 Å². The highest BCUT2D eigenvalue weighted by molar-refractivity contribution is 6.39. The molecule has 0 fully saturated rings. The van der Waals surface area contributed by atoms with E-state index >= 15 is 0 Å². The third-order valence-electron chi connectivity index (χ3n) is 4.62. The lowest BCUT2D eigenvalue weighted by Crippen LogP contribution is -2.14. The molecule has 2 aromatic heterocycles. The number of pyridine rings is 1. The van der Waals surface area contributed by atoms with Crippen molar-refractivity contribution in [1.82, 2.24) is 4.98 Å². The van der Waals surface area contributed by atoms with Crippen molar-refractivity contribution in [3.63, 3.8) is 0 Å². The first kappa shape index (κ1) is 19.0. The number of rotatable bonds is 4. The second-order valence-corrected chi connectivity index (χ2v) is 7.15. The quantitative estimate of drug-likeness (QED) is 0.566. The average molecular weight is 427 g/mol. The maximum absolute atomic E-state index is 13.0. The third kappa shape index (κ3) is 3.40. The van der Waals surface area contributed by atoms with Gasteiger partial charge in [-0.3, -0.25) is 9.78 Å². The van der Waals surface area contributed by atoms with Gasteiger partial charge in [-0.15, -0.1) is 0 Å². The first-order chi connectivity index (χ1) is 13.5. The normalized spacial score (nSPS) is 13.6. The van der Waals surface area contributed by atoms with Crippen LogP contribution in [0.1, 0.15) is 34.5 Å². The minimum atomic E-state index is -3.00. The zero-order valence-electron chi connectivity index (χ0n) is 14.4. The summed E-state index contributed by atoms with van der Waals surface area (Å²) in [5.41, 5.74) is 1.49. The van der Waals surface area contributed by atoms with Gasteiger partial charge in [0.2, 0.25) is 0 Å². The van der Waals surface area contributed by atoms with Gasteiger partial charge in [-0.25, -0.2) is 0 Å². The molecule has 0 radical (unpaired) electrons. The molecule has 28 heavy (non-hydrogen) atoms. The number of alkyl halides is 2. The van der Waals surface area contributed by atoms with Crippen molar-refractivity contribution in [2.75, 3.05) is 5.32 Å². The van der Waals surface area contributed by atoms with Crippen molar-refractivity contribution in [1.29, 1.82) is 0 Å². The van der Waals surface area contributed by atoms with Crippen LogP contribution in [0.2, 0.25) is 10.0 Å². The van der Waals surface area contributed by atoms with E-state index in [0.29, 0.717) is 24.0 Å². The Kier molecular flexibility index (Phi) is 5.12. The van der Waals surface area contributed by atoms with E-state index in [-0.39, 0.29) is 32.6 Å². The van der Waals surface area contributed by atoms with Crippen LogP contribution in [0, 0.1) is 0 Å². The number of carbonyl (C=O) groups excluding carboxylic acids is 1. The average Bonchev–Trinajstić information content (AvgIpc) is 3.05. The van der Waals surface area contributed by atoms with E-state index in [4.69, 9.17) is 27.6 Å². The molecule has 3 aromatic rings. The lowest BCUT2D eigenvalue weighted by molar-refractivity contribution is -0.0494. The number of aromatic nitrogens is 1. The summed E-state index contributed by atoms with van der Waals surface area (Å²) in [7, 11) is 0. The molecule has 0 atom stereocenters. The summed E-state index contributed by atoms with van der Waals surface area (Å²) in [6, 6.07) is 2.73. The predicted octanol–water partition coefficient (Wildman–Crippen LogP) is 5.87. The molecule has 1 aliphatic carbocycles. The van der Waals surface area contributed by atoms with Crippen LogP contribution >= 0.6 is 23.2 Å². The van der Waals surface area contributed by atoms with Crippen LogP contribution in [0.25, 0.3) is 11.0 Å². The van der Waals surface area contributed by atoms with E-state index in [2.05, 4.69) is 15.0 Å².